The van der Waals surface area contributed by atoms with Gasteiger partial charge in [-0.1, -0.05) is 35.9 Å². The van der Waals surface area contributed by atoms with Crippen LogP contribution in [0.3, 0.4) is 0 Å². The molecule has 2 rings (SSSR count). The van der Waals surface area contributed by atoms with Crippen molar-refractivity contribution in [3.05, 3.63) is 59.1 Å². The van der Waals surface area contributed by atoms with Crippen LogP contribution in [0.5, 0.6) is 0 Å². The van der Waals surface area contributed by atoms with E-state index in [-0.39, 0.29) is 10.9 Å². The Hall–Kier alpha value is -1.52. The molecule has 0 bridgehead atoms. The van der Waals surface area contributed by atoms with Crippen molar-refractivity contribution in [2.75, 3.05) is 4.31 Å². The minimum atomic E-state index is -3.66. The molecule has 0 N–H and O–H groups in total. The highest BCUT2D eigenvalue weighted by Gasteiger charge is 2.29. The molecule has 0 aliphatic carbocycles. The molecular formula is C16H18ClNO2S. The van der Waals surface area contributed by atoms with Crippen LogP contribution in [0.15, 0.2) is 53.4 Å². The summed E-state index contributed by atoms with van der Waals surface area (Å²) in [6, 6.07) is 13.8. The van der Waals surface area contributed by atoms with Gasteiger partial charge in [-0.2, -0.15) is 0 Å². The first-order valence-electron chi connectivity index (χ1n) is 6.70. The number of sulfonamides is 1. The zero-order valence-electron chi connectivity index (χ0n) is 12.2. The van der Waals surface area contributed by atoms with E-state index in [0.29, 0.717) is 16.3 Å². The molecule has 0 amide bonds. The molecule has 0 radical (unpaired) electrons. The van der Waals surface area contributed by atoms with Gasteiger partial charge in [0.25, 0.3) is 10.0 Å². The molecule has 0 atom stereocenters. The molecule has 0 aromatic heterocycles. The van der Waals surface area contributed by atoms with E-state index in [1.165, 1.54) is 4.31 Å². The fraction of sp³-hybridized carbons (Fsp3) is 0.250. The normalized spacial score (nSPS) is 11.7. The van der Waals surface area contributed by atoms with Gasteiger partial charge in [-0.25, -0.2) is 8.42 Å². The lowest BCUT2D eigenvalue weighted by Gasteiger charge is -2.29. The van der Waals surface area contributed by atoms with E-state index in [9.17, 15) is 8.42 Å². The van der Waals surface area contributed by atoms with Gasteiger partial charge in [-0.3, -0.25) is 4.31 Å². The van der Waals surface area contributed by atoms with Crippen molar-refractivity contribution in [3.8, 4) is 0 Å². The number of para-hydroxylation sites is 1. The maximum absolute atomic E-state index is 13.0. The predicted molar refractivity (Wildman–Crippen MR) is 87.4 cm³/mol. The van der Waals surface area contributed by atoms with Gasteiger partial charge in [0.1, 0.15) is 0 Å². The highest BCUT2D eigenvalue weighted by molar-refractivity contribution is 7.93. The number of nitrogens with zero attached hydrogens (tertiary/aromatic N) is 1. The van der Waals surface area contributed by atoms with Crippen LogP contribution in [0.1, 0.15) is 19.4 Å². The lowest BCUT2D eigenvalue weighted by molar-refractivity contribution is 0.584. The second-order valence-electron chi connectivity index (χ2n) is 5.09. The van der Waals surface area contributed by atoms with Crippen molar-refractivity contribution >= 4 is 27.3 Å². The van der Waals surface area contributed by atoms with Crippen LogP contribution in [0, 0.1) is 6.92 Å². The smallest absolute Gasteiger partial charge is 0.264 e. The molecule has 0 spiro atoms. The van der Waals surface area contributed by atoms with Gasteiger partial charge in [-0.05, 0) is 50.6 Å². The second-order valence-corrected chi connectivity index (χ2v) is 7.28. The van der Waals surface area contributed by atoms with Gasteiger partial charge in [0.05, 0.1) is 10.6 Å². The molecule has 3 nitrogen and oxygen atoms in total. The Labute approximate surface area is 131 Å². The van der Waals surface area contributed by atoms with Crippen LogP contribution in [0.2, 0.25) is 5.02 Å². The highest BCUT2D eigenvalue weighted by atomic mass is 35.5. The third-order valence-corrected chi connectivity index (χ3v) is 5.79. The Morgan fingerprint density at radius 3 is 2.19 bits per heavy atom. The van der Waals surface area contributed by atoms with E-state index in [2.05, 4.69) is 0 Å². The van der Waals surface area contributed by atoms with Crippen molar-refractivity contribution < 1.29 is 8.42 Å². The first-order chi connectivity index (χ1) is 9.85. The van der Waals surface area contributed by atoms with E-state index < -0.39 is 10.0 Å². The summed E-state index contributed by atoms with van der Waals surface area (Å²) in [6.07, 6.45) is 0. The van der Waals surface area contributed by atoms with E-state index >= 15 is 0 Å². The molecule has 21 heavy (non-hydrogen) atoms. The Morgan fingerprint density at radius 1 is 1.00 bits per heavy atom. The standard InChI is InChI=1S/C16H18ClNO2S/c1-12(2)18(14-8-5-4-6-9-14)21(19,20)16-11-7-10-15(17)13(16)3/h4-12H,1-3H3. The summed E-state index contributed by atoms with van der Waals surface area (Å²) in [5, 5.41) is 0.452. The van der Waals surface area contributed by atoms with Gasteiger partial charge >= 0.3 is 0 Å². The lowest BCUT2D eigenvalue weighted by atomic mass is 10.2. The largest absolute Gasteiger partial charge is 0.264 e. The van der Waals surface area contributed by atoms with Crippen molar-refractivity contribution in [2.24, 2.45) is 0 Å². The molecule has 5 heteroatoms. The summed E-state index contributed by atoms with van der Waals surface area (Å²) < 4.78 is 27.5. The van der Waals surface area contributed by atoms with Gasteiger partial charge in [0, 0.05) is 11.1 Å². The van der Waals surface area contributed by atoms with Crippen molar-refractivity contribution in [3.63, 3.8) is 0 Å². The fourth-order valence-corrected chi connectivity index (χ4v) is 4.41. The Kier molecular flexibility index (Phi) is 4.59. The van der Waals surface area contributed by atoms with Crippen LogP contribution >= 0.6 is 11.6 Å². The zero-order chi connectivity index (χ0) is 15.6. The number of hydrogen-bond acceptors (Lipinski definition) is 2. The SMILES string of the molecule is Cc1c(Cl)cccc1S(=O)(=O)N(c1ccccc1)C(C)C. The van der Waals surface area contributed by atoms with Crippen molar-refractivity contribution in [1.82, 2.24) is 0 Å². The molecular weight excluding hydrogens is 306 g/mol. The first kappa shape index (κ1) is 15.9. The van der Waals surface area contributed by atoms with E-state index in [1.807, 2.05) is 32.0 Å². The third kappa shape index (κ3) is 3.06. The number of anilines is 1. The van der Waals surface area contributed by atoms with Crippen LogP contribution in [0.25, 0.3) is 0 Å². The maximum atomic E-state index is 13.0. The van der Waals surface area contributed by atoms with Gasteiger partial charge in [0.2, 0.25) is 0 Å². The fourth-order valence-electron chi connectivity index (χ4n) is 2.26. The first-order valence-corrected chi connectivity index (χ1v) is 8.52. The molecule has 0 heterocycles. The monoisotopic (exact) mass is 323 g/mol. The summed E-state index contributed by atoms with van der Waals surface area (Å²) in [5.41, 5.74) is 1.22. The Bertz CT molecular complexity index is 727. The molecule has 0 fully saturated rings. The summed E-state index contributed by atoms with van der Waals surface area (Å²) >= 11 is 6.07. The molecule has 0 aliphatic heterocycles. The topological polar surface area (TPSA) is 37.4 Å². The van der Waals surface area contributed by atoms with Crippen molar-refractivity contribution in [1.29, 1.82) is 0 Å². The minimum Gasteiger partial charge on any atom is -0.264 e. The summed E-state index contributed by atoms with van der Waals surface area (Å²) in [7, 11) is -3.66. The molecule has 2 aromatic carbocycles. The number of hydrogen-bond donors (Lipinski definition) is 0. The van der Waals surface area contributed by atoms with Gasteiger partial charge in [0.15, 0.2) is 0 Å². The summed E-state index contributed by atoms with van der Waals surface area (Å²) in [5.74, 6) is 0. The van der Waals surface area contributed by atoms with Crippen LogP contribution in [-0.2, 0) is 10.0 Å². The van der Waals surface area contributed by atoms with Gasteiger partial charge < -0.3 is 0 Å². The average Bonchev–Trinajstić information content (AvgIpc) is 2.42. The quantitative estimate of drug-likeness (QED) is 0.843. The lowest BCUT2D eigenvalue weighted by Crippen LogP contribution is -2.37. The second kappa shape index (κ2) is 6.08. The minimum absolute atomic E-state index is 0.198. The van der Waals surface area contributed by atoms with Gasteiger partial charge in [-0.15, -0.1) is 0 Å². The number of halogens is 1. The summed E-state index contributed by atoms with van der Waals surface area (Å²) in [4.78, 5) is 0.243. The van der Waals surface area contributed by atoms with Crippen molar-refractivity contribution in [2.45, 2.75) is 31.7 Å². The molecule has 112 valence electrons. The number of benzene rings is 2. The highest BCUT2D eigenvalue weighted by Crippen LogP contribution is 2.30. The predicted octanol–water partition coefficient (Wildman–Crippen LogP) is 4.25. The maximum Gasteiger partial charge on any atom is 0.264 e. The summed E-state index contributed by atoms with van der Waals surface area (Å²) in [6.45, 7) is 5.42. The average molecular weight is 324 g/mol. The van der Waals surface area contributed by atoms with Crippen LogP contribution < -0.4 is 4.31 Å². The van der Waals surface area contributed by atoms with E-state index in [1.54, 1.807) is 37.3 Å². The van der Waals surface area contributed by atoms with Crippen LogP contribution in [-0.4, -0.2) is 14.5 Å². The van der Waals surface area contributed by atoms with Crippen LogP contribution in [0.4, 0.5) is 5.69 Å². The Morgan fingerprint density at radius 2 is 1.62 bits per heavy atom. The van der Waals surface area contributed by atoms with E-state index in [4.69, 9.17) is 11.6 Å². The zero-order valence-corrected chi connectivity index (χ0v) is 13.8. The molecule has 2 aromatic rings. The molecule has 0 aliphatic rings. The van der Waals surface area contributed by atoms with E-state index in [0.717, 1.165) is 0 Å². The number of rotatable bonds is 4. The molecule has 0 saturated heterocycles. The Balaban J connectivity index is 2.62. The molecule has 0 saturated carbocycles. The third-order valence-electron chi connectivity index (χ3n) is 3.23. The molecule has 0 unspecified atom stereocenters.